The van der Waals surface area contributed by atoms with Crippen molar-refractivity contribution in [3.05, 3.63) is 58.4 Å². The molecule has 8 nitrogen and oxygen atoms in total. The molecule has 0 aliphatic rings. The Labute approximate surface area is 179 Å². The van der Waals surface area contributed by atoms with E-state index in [1.807, 2.05) is 24.3 Å². The maximum Gasteiger partial charge on any atom is 0.276 e. The number of benzene rings is 2. The molecule has 29 heavy (non-hydrogen) atoms. The molecular formula is C18H14Cl2N6O2S. The van der Waals surface area contributed by atoms with Gasteiger partial charge in [-0.25, -0.2) is 4.68 Å². The van der Waals surface area contributed by atoms with Gasteiger partial charge in [0.1, 0.15) is 12.1 Å². The summed E-state index contributed by atoms with van der Waals surface area (Å²) in [6.45, 7) is 0.319. The van der Waals surface area contributed by atoms with Crippen LogP contribution in [0.15, 0.2) is 52.1 Å². The largest absolute Gasteiger partial charge is 0.414 e. The van der Waals surface area contributed by atoms with Crippen molar-refractivity contribution in [2.75, 3.05) is 11.1 Å². The molecule has 2 aromatic carbocycles. The number of nitrogens with one attached hydrogen (secondary N) is 1. The molecule has 2 heterocycles. The van der Waals surface area contributed by atoms with Gasteiger partial charge in [0.2, 0.25) is 11.8 Å². The van der Waals surface area contributed by atoms with Gasteiger partial charge in [-0.3, -0.25) is 4.79 Å². The predicted octanol–water partition coefficient (Wildman–Crippen LogP) is 4.29. The molecule has 0 aliphatic heterocycles. The number of carbonyl (C=O) groups is 1. The average Bonchev–Trinajstić information content (AvgIpc) is 3.33. The minimum atomic E-state index is -0.207. The first kappa shape index (κ1) is 19.7. The fourth-order valence-corrected chi connectivity index (χ4v) is 3.78. The van der Waals surface area contributed by atoms with E-state index in [0.717, 1.165) is 11.0 Å². The molecule has 0 spiro atoms. The average molecular weight is 449 g/mol. The van der Waals surface area contributed by atoms with Gasteiger partial charge in [0.05, 0.1) is 21.2 Å². The summed E-state index contributed by atoms with van der Waals surface area (Å²) >= 11 is 13.4. The summed E-state index contributed by atoms with van der Waals surface area (Å²) in [7, 11) is 0. The minimum Gasteiger partial charge on any atom is -0.414 e. The monoisotopic (exact) mass is 448 g/mol. The summed E-state index contributed by atoms with van der Waals surface area (Å²) in [6, 6.07) is 12.7. The number of thioether (sulfide) groups is 1. The molecule has 2 aromatic heterocycles. The van der Waals surface area contributed by atoms with Crippen LogP contribution in [-0.2, 0) is 11.3 Å². The van der Waals surface area contributed by atoms with E-state index in [9.17, 15) is 4.79 Å². The van der Waals surface area contributed by atoms with Crippen LogP contribution in [0, 0.1) is 0 Å². The standard InChI is InChI=1S/C18H14Cl2N6O2S/c19-11-4-3-5-12(20)17(11)21-15(27)8-9-29-18-24-23-16(28-18)10-26-14-7-2-1-6-13(14)22-25-26/h1-7H,8-10H2,(H,21,27). The zero-order valence-electron chi connectivity index (χ0n) is 14.9. The fraction of sp³-hybridized carbons (Fsp3) is 0.167. The zero-order chi connectivity index (χ0) is 20.2. The van der Waals surface area contributed by atoms with Crippen LogP contribution in [0.5, 0.6) is 0 Å². The SMILES string of the molecule is O=C(CCSc1nnc(Cn2nnc3ccccc32)o1)Nc1c(Cl)cccc1Cl. The van der Waals surface area contributed by atoms with Crippen molar-refractivity contribution < 1.29 is 9.21 Å². The lowest BCUT2D eigenvalue weighted by atomic mass is 10.3. The molecule has 0 radical (unpaired) electrons. The highest BCUT2D eigenvalue weighted by Crippen LogP contribution is 2.30. The van der Waals surface area contributed by atoms with E-state index in [1.165, 1.54) is 11.8 Å². The second kappa shape index (κ2) is 8.81. The quantitative estimate of drug-likeness (QED) is 0.420. The van der Waals surface area contributed by atoms with Gasteiger partial charge in [0.25, 0.3) is 5.22 Å². The first-order valence-electron chi connectivity index (χ1n) is 8.57. The number of rotatable bonds is 7. The van der Waals surface area contributed by atoms with Crippen LogP contribution in [0.2, 0.25) is 10.0 Å². The molecule has 4 rings (SSSR count). The van der Waals surface area contributed by atoms with Gasteiger partial charge in [0.15, 0.2) is 0 Å². The van der Waals surface area contributed by atoms with E-state index in [0.29, 0.717) is 39.1 Å². The van der Waals surface area contributed by atoms with Crippen molar-refractivity contribution in [3.8, 4) is 0 Å². The van der Waals surface area contributed by atoms with Crippen molar-refractivity contribution in [1.82, 2.24) is 25.2 Å². The van der Waals surface area contributed by atoms with E-state index < -0.39 is 0 Å². The third-order valence-corrected chi connectivity index (χ3v) is 5.39. The third-order valence-electron chi connectivity index (χ3n) is 3.94. The van der Waals surface area contributed by atoms with Gasteiger partial charge in [-0.15, -0.1) is 15.3 Å². The highest BCUT2D eigenvalue weighted by atomic mass is 35.5. The summed E-state index contributed by atoms with van der Waals surface area (Å²) in [6.07, 6.45) is 0.234. The van der Waals surface area contributed by atoms with Crippen LogP contribution >= 0.6 is 35.0 Å². The lowest BCUT2D eigenvalue weighted by Crippen LogP contribution is -2.12. The summed E-state index contributed by atoms with van der Waals surface area (Å²) in [5.41, 5.74) is 2.09. The number of nitrogens with zero attached hydrogens (tertiary/aromatic N) is 5. The van der Waals surface area contributed by atoms with E-state index in [-0.39, 0.29) is 12.3 Å². The number of para-hydroxylation sites is 2. The number of carbonyl (C=O) groups excluding carboxylic acids is 1. The molecular weight excluding hydrogens is 435 g/mol. The van der Waals surface area contributed by atoms with Crippen molar-refractivity contribution >= 4 is 57.6 Å². The first-order valence-corrected chi connectivity index (χ1v) is 10.3. The lowest BCUT2D eigenvalue weighted by Gasteiger charge is -2.08. The van der Waals surface area contributed by atoms with Crippen molar-refractivity contribution in [2.45, 2.75) is 18.2 Å². The first-order chi connectivity index (χ1) is 14.1. The van der Waals surface area contributed by atoms with E-state index in [4.69, 9.17) is 27.6 Å². The van der Waals surface area contributed by atoms with Gasteiger partial charge >= 0.3 is 0 Å². The molecule has 1 N–H and O–H groups in total. The normalized spacial score (nSPS) is 11.1. The zero-order valence-corrected chi connectivity index (χ0v) is 17.2. The topological polar surface area (TPSA) is 98.7 Å². The molecule has 4 aromatic rings. The number of amides is 1. The van der Waals surface area contributed by atoms with Gasteiger partial charge in [-0.05, 0) is 24.3 Å². The predicted molar refractivity (Wildman–Crippen MR) is 111 cm³/mol. The van der Waals surface area contributed by atoms with Crippen molar-refractivity contribution in [2.24, 2.45) is 0 Å². The highest BCUT2D eigenvalue weighted by molar-refractivity contribution is 7.99. The van der Waals surface area contributed by atoms with E-state index in [2.05, 4.69) is 25.8 Å². The molecule has 0 atom stereocenters. The maximum absolute atomic E-state index is 12.1. The van der Waals surface area contributed by atoms with Gasteiger partial charge in [-0.1, -0.05) is 58.4 Å². The number of fused-ring (bicyclic) bond motifs is 1. The molecule has 0 bridgehead atoms. The number of hydrogen-bond donors (Lipinski definition) is 1. The van der Waals surface area contributed by atoms with Crippen LogP contribution in [0.3, 0.4) is 0 Å². The fourth-order valence-electron chi connectivity index (χ4n) is 2.57. The Morgan fingerprint density at radius 1 is 1.07 bits per heavy atom. The van der Waals surface area contributed by atoms with Crippen LogP contribution in [0.4, 0.5) is 5.69 Å². The molecule has 0 saturated heterocycles. The maximum atomic E-state index is 12.1. The molecule has 148 valence electrons. The second-order valence-corrected chi connectivity index (χ2v) is 7.80. The Balaban J connectivity index is 1.30. The Morgan fingerprint density at radius 2 is 1.86 bits per heavy atom. The Bertz CT molecular complexity index is 1140. The minimum absolute atomic E-state index is 0.207. The van der Waals surface area contributed by atoms with E-state index in [1.54, 1.807) is 22.9 Å². The number of halogens is 2. The summed E-state index contributed by atoms with van der Waals surface area (Å²) in [5.74, 6) is 0.665. The molecule has 11 heteroatoms. The molecule has 0 saturated carbocycles. The lowest BCUT2D eigenvalue weighted by molar-refractivity contribution is -0.115. The Hall–Kier alpha value is -2.62. The Morgan fingerprint density at radius 3 is 2.69 bits per heavy atom. The van der Waals surface area contributed by atoms with Gasteiger partial charge in [-0.2, -0.15) is 0 Å². The number of aromatic nitrogens is 5. The summed E-state index contributed by atoms with van der Waals surface area (Å²) in [4.78, 5) is 12.1. The second-order valence-electron chi connectivity index (χ2n) is 5.94. The van der Waals surface area contributed by atoms with E-state index >= 15 is 0 Å². The number of anilines is 1. The molecule has 0 aliphatic carbocycles. The molecule has 0 unspecified atom stereocenters. The third kappa shape index (κ3) is 4.69. The smallest absolute Gasteiger partial charge is 0.276 e. The van der Waals surface area contributed by atoms with Gasteiger partial charge < -0.3 is 9.73 Å². The summed E-state index contributed by atoms with van der Waals surface area (Å²) < 4.78 is 7.31. The number of hydrogen-bond acceptors (Lipinski definition) is 7. The van der Waals surface area contributed by atoms with Crippen LogP contribution in [0.1, 0.15) is 12.3 Å². The highest BCUT2D eigenvalue weighted by Gasteiger charge is 2.13. The van der Waals surface area contributed by atoms with Crippen LogP contribution in [-0.4, -0.2) is 36.9 Å². The van der Waals surface area contributed by atoms with Crippen molar-refractivity contribution in [1.29, 1.82) is 0 Å². The van der Waals surface area contributed by atoms with Crippen LogP contribution in [0.25, 0.3) is 11.0 Å². The molecule has 1 amide bonds. The summed E-state index contributed by atoms with van der Waals surface area (Å²) in [5, 5.41) is 20.1. The van der Waals surface area contributed by atoms with Gasteiger partial charge in [0, 0.05) is 12.2 Å². The van der Waals surface area contributed by atoms with Crippen molar-refractivity contribution in [3.63, 3.8) is 0 Å². The Kier molecular flexibility index (Phi) is 5.98. The molecule has 0 fully saturated rings. The van der Waals surface area contributed by atoms with Crippen LogP contribution < -0.4 is 5.32 Å².